The van der Waals surface area contributed by atoms with E-state index in [1.807, 2.05) is 0 Å². The summed E-state index contributed by atoms with van der Waals surface area (Å²) in [4.78, 5) is 1.70. The Balaban J connectivity index is 1.50. The lowest BCUT2D eigenvalue weighted by molar-refractivity contribution is -0.958. The van der Waals surface area contributed by atoms with Gasteiger partial charge in [-0.05, 0) is 18.1 Å². The van der Waals surface area contributed by atoms with Gasteiger partial charge in [-0.3, -0.25) is 0 Å². The lowest BCUT2D eigenvalue weighted by atomic mass is 9.75. The maximum atomic E-state index is 13.2. The molecule has 0 saturated carbocycles. The van der Waals surface area contributed by atoms with E-state index in [1.165, 1.54) is 38.1 Å². The van der Waals surface area contributed by atoms with Crippen molar-refractivity contribution in [2.75, 3.05) is 19.6 Å². The summed E-state index contributed by atoms with van der Waals surface area (Å²) in [5.74, 6) is -0.0203. The molecule has 114 valence electrons. The number of piperidine rings is 3. The first-order valence-corrected chi connectivity index (χ1v) is 7.90. The van der Waals surface area contributed by atoms with Crippen LogP contribution in [0, 0.1) is 23.5 Å². The smallest absolute Gasteiger partial charge is 0.159 e. The standard InChI is InChI=1S/C17H22F2N2/c1-2-13-11-21-6-5-14(13)8-15(21)10-20-9-12-3-4-16(18)17(19)7-12/h2-4,7,13-15,20H,1,5-6,8-11H2/p+2/t13-,14-,15+/m0/s1. The maximum absolute atomic E-state index is 13.2. The lowest BCUT2D eigenvalue weighted by Gasteiger charge is -2.45. The van der Waals surface area contributed by atoms with Crippen molar-refractivity contribution >= 4 is 0 Å². The van der Waals surface area contributed by atoms with Crippen LogP contribution >= 0.6 is 0 Å². The largest absolute Gasteiger partial charge is 0.338 e. The van der Waals surface area contributed by atoms with Crippen LogP contribution in [-0.2, 0) is 6.54 Å². The van der Waals surface area contributed by atoms with E-state index in [4.69, 9.17) is 0 Å². The van der Waals surface area contributed by atoms with Gasteiger partial charge in [-0.2, -0.15) is 0 Å². The molecule has 4 atom stereocenters. The van der Waals surface area contributed by atoms with Gasteiger partial charge in [-0.1, -0.05) is 12.1 Å². The third-order valence-electron chi connectivity index (χ3n) is 5.22. The Hall–Kier alpha value is -1.26. The monoisotopic (exact) mass is 294 g/mol. The van der Waals surface area contributed by atoms with E-state index in [-0.39, 0.29) is 0 Å². The second-order valence-electron chi connectivity index (χ2n) is 6.47. The van der Waals surface area contributed by atoms with Crippen LogP contribution in [0.1, 0.15) is 18.4 Å². The highest BCUT2D eigenvalue weighted by molar-refractivity contribution is 5.16. The number of nitrogens with one attached hydrogen (secondary N) is 1. The molecule has 3 aliphatic heterocycles. The molecule has 0 radical (unpaired) electrons. The van der Waals surface area contributed by atoms with Gasteiger partial charge in [-0.25, -0.2) is 8.78 Å². The molecule has 3 aliphatic rings. The number of halogens is 2. The van der Waals surface area contributed by atoms with Crippen molar-refractivity contribution < 1.29 is 19.0 Å². The van der Waals surface area contributed by atoms with Crippen molar-refractivity contribution in [1.82, 2.24) is 0 Å². The van der Waals surface area contributed by atoms with Crippen LogP contribution in [0.15, 0.2) is 30.9 Å². The van der Waals surface area contributed by atoms with Crippen LogP contribution in [0.3, 0.4) is 0 Å². The normalized spacial score (nSPS) is 31.3. The van der Waals surface area contributed by atoms with Crippen LogP contribution < -0.4 is 10.2 Å². The predicted molar refractivity (Wildman–Crippen MR) is 77.8 cm³/mol. The van der Waals surface area contributed by atoms with Gasteiger partial charge in [-0.15, -0.1) is 6.58 Å². The SMILES string of the molecule is C=C[C@H]1C[NH+]2CC[C@H]1C[C@@H]2C[NH2+]Cc1ccc(F)c(F)c1. The highest BCUT2D eigenvalue weighted by Gasteiger charge is 2.42. The van der Waals surface area contributed by atoms with Gasteiger partial charge in [0.2, 0.25) is 0 Å². The highest BCUT2D eigenvalue weighted by Crippen LogP contribution is 2.26. The molecule has 3 heterocycles. The average Bonchev–Trinajstić information content (AvgIpc) is 2.51. The summed E-state index contributed by atoms with van der Waals surface area (Å²) in [6.45, 7) is 8.24. The summed E-state index contributed by atoms with van der Waals surface area (Å²) >= 11 is 0. The quantitative estimate of drug-likeness (QED) is 0.739. The second-order valence-corrected chi connectivity index (χ2v) is 6.47. The molecule has 1 aromatic carbocycles. The van der Waals surface area contributed by atoms with Crippen LogP contribution in [-0.4, -0.2) is 25.7 Å². The number of quaternary nitrogens is 2. The van der Waals surface area contributed by atoms with E-state index in [1.54, 1.807) is 11.0 Å². The lowest BCUT2D eigenvalue weighted by Crippen LogP contribution is -3.21. The van der Waals surface area contributed by atoms with Crippen LogP contribution in [0.4, 0.5) is 8.78 Å². The Morgan fingerprint density at radius 1 is 1.33 bits per heavy atom. The van der Waals surface area contributed by atoms with E-state index >= 15 is 0 Å². The molecule has 2 nitrogen and oxygen atoms in total. The topological polar surface area (TPSA) is 21.1 Å². The zero-order valence-corrected chi connectivity index (χ0v) is 12.3. The van der Waals surface area contributed by atoms with Gasteiger partial charge < -0.3 is 10.2 Å². The summed E-state index contributed by atoms with van der Waals surface area (Å²) in [6, 6.07) is 4.89. The summed E-state index contributed by atoms with van der Waals surface area (Å²) in [7, 11) is 0. The molecule has 0 aliphatic carbocycles. The van der Waals surface area contributed by atoms with Crippen molar-refractivity contribution in [3.8, 4) is 0 Å². The molecule has 3 saturated heterocycles. The molecule has 0 amide bonds. The van der Waals surface area contributed by atoms with E-state index in [2.05, 4.69) is 18.0 Å². The maximum Gasteiger partial charge on any atom is 0.159 e. The molecule has 1 unspecified atom stereocenters. The highest BCUT2D eigenvalue weighted by atomic mass is 19.2. The molecule has 3 N–H and O–H groups in total. The first kappa shape index (κ1) is 14.7. The van der Waals surface area contributed by atoms with Gasteiger partial charge >= 0.3 is 0 Å². The summed E-state index contributed by atoms with van der Waals surface area (Å²) in [5, 5.41) is 2.23. The van der Waals surface area contributed by atoms with Crippen LogP contribution in [0.2, 0.25) is 0 Å². The third kappa shape index (κ3) is 3.16. The fraction of sp³-hybridized carbons (Fsp3) is 0.529. The number of rotatable bonds is 5. The van der Waals surface area contributed by atoms with Crippen molar-refractivity contribution in [1.29, 1.82) is 0 Å². The number of fused-ring (bicyclic) bond motifs is 3. The molecule has 0 aromatic heterocycles. The van der Waals surface area contributed by atoms with E-state index in [0.29, 0.717) is 12.0 Å². The molecular formula is C17H24F2N2+2. The van der Waals surface area contributed by atoms with E-state index < -0.39 is 11.6 Å². The first-order valence-electron chi connectivity index (χ1n) is 7.90. The minimum Gasteiger partial charge on any atom is -0.338 e. The van der Waals surface area contributed by atoms with Crippen LogP contribution in [0.25, 0.3) is 0 Å². The van der Waals surface area contributed by atoms with Gasteiger partial charge in [0.25, 0.3) is 0 Å². The first-order chi connectivity index (χ1) is 10.2. The van der Waals surface area contributed by atoms with E-state index in [9.17, 15) is 8.78 Å². The Labute approximate surface area is 124 Å². The van der Waals surface area contributed by atoms with Gasteiger partial charge in [0.15, 0.2) is 11.6 Å². The Bertz CT molecular complexity index is 518. The number of hydrogen-bond acceptors (Lipinski definition) is 0. The predicted octanol–water partition coefficient (Wildman–Crippen LogP) is 0.508. The molecule has 3 fully saturated rings. The fourth-order valence-corrected chi connectivity index (χ4v) is 4.01. The molecule has 1 aromatic rings. The molecule has 2 bridgehead atoms. The van der Waals surface area contributed by atoms with Gasteiger partial charge in [0.05, 0.1) is 13.1 Å². The molecule has 21 heavy (non-hydrogen) atoms. The number of hydrogen-bond donors (Lipinski definition) is 2. The Morgan fingerprint density at radius 2 is 2.19 bits per heavy atom. The zero-order valence-electron chi connectivity index (χ0n) is 12.3. The minimum absolute atomic E-state index is 0.691. The fourth-order valence-electron chi connectivity index (χ4n) is 4.01. The average molecular weight is 294 g/mol. The third-order valence-corrected chi connectivity index (χ3v) is 5.22. The number of nitrogens with two attached hydrogens (primary N) is 1. The molecular weight excluding hydrogens is 270 g/mol. The summed E-state index contributed by atoms with van der Waals surface area (Å²) in [5.41, 5.74) is 0.851. The van der Waals surface area contributed by atoms with Gasteiger partial charge in [0, 0.05) is 24.3 Å². The Morgan fingerprint density at radius 3 is 2.86 bits per heavy atom. The zero-order chi connectivity index (χ0) is 14.8. The number of benzene rings is 1. The van der Waals surface area contributed by atoms with Gasteiger partial charge in [0.1, 0.15) is 19.1 Å². The summed E-state index contributed by atoms with van der Waals surface area (Å²) in [6.07, 6.45) is 4.73. The summed E-state index contributed by atoms with van der Waals surface area (Å²) < 4.78 is 26.1. The second kappa shape index (κ2) is 6.24. The molecule has 4 rings (SSSR count). The molecule has 4 heteroatoms. The van der Waals surface area contributed by atoms with Crippen molar-refractivity contribution in [3.05, 3.63) is 48.1 Å². The van der Waals surface area contributed by atoms with Crippen molar-refractivity contribution in [3.63, 3.8) is 0 Å². The Kier molecular flexibility index (Phi) is 4.36. The van der Waals surface area contributed by atoms with Crippen molar-refractivity contribution in [2.24, 2.45) is 11.8 Å². The van der Waals surface area contributed by atoms with Crippen molar-refractivity contribution in [2.45, 2.75) is 25.4 Å². The van der Waals surface area contributed by atoms with Crippen LogP contribution in [0.5, 0.6) is 0 Å². The van der Waals surface area contributed by atoms with E-state index in [0.717, 1.165) is 24.6 Å². The minimum atomic E-state index is -0.769. The molecule has 0 spiro atoms.